The van der Waals surface area contributed by atoms with E-state index in [-0.39, 0.29) is 11.8 Å². The molecule has 1 saturated heterocycles. The standard InChI is InChI=1S/C21H27N5O2/c1-3-4-12-25(2)18-8-5-16(6-9-18)21(28)24-17-7-10-19(23-14-17)26-13-11-22-20(27)15-26/h5-10,14H,3-4,11-13,15H2,1-2H3,(H,22,27)(H,24,28). The smallest absolute Gasteiger partial charge is 0.255 e. The van der Waals surface area contributed by atoms with Crippen LogP contribution < -0.4 is 20.4 Å². The van der Waals surface area contributed by atoms with E-state index in [0.29, 0.717) is 24.3 Å². The Balaban J connectivity index is 1.59. The molecule has 2 amide bonds. The Kier molecular flexibility index (Phi) is 6.47. The van der Waals surface area contributed by atoms with Crippen molar-refractivity contribution in [2.45, 2.75) is 19.8 Å². The van der Waals surface area contributed by atoms with Crippen LogP contribution in [0.5, 0.6) is 0 Å². The summed E-state index contributed by atoms with van der Waals surface area (Å²) in [7, 11) is 2.06. The van der Waals surface area contributed by atoms with Crippen LogP contribution >= 0.6 is 0 Å². The first-order valence-corrected chi connectivity index (χ1v) is 9.67. The van der Waals surface area contributed by atoms with E-state index in [4.69, 9.17) is 0 Å². The lowest BCUT2D eigenvalue weighted by Gasteiger charge is -2.27. The summed E-state index contributed by atoms with van der Waals surface area (Å²) in [5, 5.41) is 5.66. The van der Waals surface area contributed by atoms with Crippen LogP contribution in [0.1, 0.15) is 30.1 Å². The van der Waals surface area contributed by atoms with Gasteiger partial charge in [-0.05, 0) is 42.8 Å². The molecule has 1 aromatic heterocycles. The Morgan fingerprint density at radius 3 is 2.68 bits per heavy atom. The molecule has 2 aromatic rings. The summed E-state index contributed by atoms with van der Waals surface area (Å²) in [6.07, 6.45) is 3.92. The van der Waals surface area contributed by atoms with Gasteiger partial charge in [0, 0.05) is 37.9 Å². The number of benzene rings is 1. The van der Waals surface area contributed by atoms with E-state index < -0.39 is 0 Å². The Hall–Kier alpha value is -3.09. The number of carbonyl (C=O) groups is 2. The van der Waals surface area contributed by atoms with Gasteiger partial charge in [0.1, 0.15) is 5.82 Å². The molecule has 3 rings (SSSR count). The van der Waals surface area contributed by atoms with Gasteiger partial charge < -0.3 is 20.4 Å². The number of carbonyl (C=O) groups excluding carboxylic acids is 2. The fourth-order valence-electron chi connectivity index (χ4n) is 3.08. The fourth-order valence-corrected chi connectivity index (χ4v) is 3.08. The molecule has 148 valence electrons. The number of pyridine rings is 1. The molecule has 1 fully saturated rings. The summed E-state index contributed by atoms with van der Waals surface area (Å²) < 4.78 is 0. The maximum Gasteiger partial charge on any atom is 0.255 e. The Bertz CT molecular complexity index is 805. The minimum Gasteiger partial charge on any atom is -0.375 e. The lowest BCUT2D eigenvalue weighted by atomic mass is 10.1. The summed E-state index contributed by atoms with van der Waals surface area (Å²) in [6, 6.07) is 11.2. The van der Waals surface area contributed by atoms with Crippen molar-refractivity contribution in [3.63, 3.8) is 0 Å². The van der Waals surface area contributed by atoms with Crippen molar-refractivity contribution >= 4 is 29.0 Å². The number of nitrogens with one attached hydrogen (secondary N) is 2. The number of rotatable bonds is 7. The molecule has 0 spiro atoms. The molecule has 1 aliphatic rings. The first kappa shape index (κ1) is 19.7. The van der Waals surface area contributed by atoms with Gasteiger partial charge in [-0.3, -0.25) is 9.59 Å². The zero-order chi connectivity index (χ0) is 19.9. The topological polar surface area (TPSA) is 77.6 Å². The maximum atomic E-state index is 12.5. The molecule has 2 N–H and O–H groups in total. The largest absolute Gasteiger partial charge is 0.375 e. The number of unbranched alkanes of at least 4 members (excludes halogenated alkanes) is 1. The van der Waals surface area contributed by atoms with Crippen molar-refractivity contribution in [3.8, 4) is 0 Å². The SMILES string of the molecule is CCCCN(C)c1ccc(C(=O)Nc2ccc(N3CCNC(=O)C3)nc2)cc1. The minimum atomic E-state index is -0.172. The molecular weight excluding hydrogens is 354 g/mol. The summed E-state index contributed by atoms with van der Waals surface area (Å²) >= 11 is 0. The molecule has 0 saturated carbocycles. The first-order chi connectivity index (χ1) is 13.6. The second kappa shape index (κ2) is 9.21. The molecule has 7 nitrogen and oxygen atoms in total. The molecule has 28 heavy (non-hydrogen) atoms. The van der Waals surface area contributed by atoms with E-state index in [9.17, 15) is 9.59 Å². The molecular formula is C21H27N5O2. The zero-order valence-electron chi connectivity index (χ0n) is 16.4. The second-order valence-electron chi connectivity index (χ2n) is 6.95. The van der Waals surface area contributed by atoms with Crippen LogP contribution in [0.3, 0.4) is 0 Å². The highest BCUT2D eigenvalue weighted by Gasteiger charge is 2.17. The highest BCUT2D eigenvalue weighted by atomic mass is 16.2. The van der Waals surface area contributed by atoms with E-state index >= 15 is 0 Å². The van der Waals surface area contributed by atoms with E-state index in [1.54, 1.807) is 12.3 Å². The third kappa shape index (κ3) is 5.00. The third-order valence-electron chi connectivity index (χ3n) is 4.79. The van der Waals surface area contributed by atoms with Crippen molar-refractivity contribution < 1.29 is 9.59 Å². The van der Waals surface area contributed by atoms with Crippen molar-refractivity contribution in [3.05, 3.63) is 48.2 Å². The van der Waals surface area contributed by atoms with Crippen LogP contribution in [-0.2, 0) is 4.79 Å². The molecule has 0 radical (unpaired) electrons. The van der Waals surface area contributed by atoms with Crippen LogP contribution in [-0.4, -0.2) is 50.0 Å². The Morgan fingerprint density at radius 2 is 2.04 bits per heavy atom. The van der Waals surface area contributed by atoms with Gasteiger partial charge in [0.05, 0.1) is 18.4 Å². The quantitative estimate of drug-likeness (QED) is 0.771. The maximum absolute atomic E-state index is 12.5. The van der Waals surface area contributed by atoms with Crippen molar-refractivity contribution in [1.82, 2.24) is 10.3 Å². The molecule has 0 atom stereocenters. The number of hydrogen-bond donors (Lipinski definition) is 2. The van der Waals surface area contributed by atoms with Gasteiger partial charge in [-0.2, -0.15) is 0 Å². The normalized spacial score (nSPS) is 13.8. The van der Waals surface area contributed by atoms with Crippen LogP contribution in [0.4, 0.5) is 17.2 Å². The first-order valence-electron chi connectivity index (χ1n) is 9.67. The molecule has 0 bridgehead atoms. The fraction of sp³-hybridized carbons (Fsp3) is 0.381. The average Bonchev–Trinajstić information content (AvgIpc) is 2.72. The van der Waals surface area contributed by atoms with Gasteiger partial charge in [-0.1, -0.05) is 13.3 Å². The number of nitrogens with zero attached hydrogens (tertiary/aromatic N) is 3. The lowest BCUT2D eigenvalue weighted by molar-refractivity contribution is -0.120. The molecule has 0 unspecified atom stereocenters. The summed E-state index contributed by atoms with van der Waals surface area (Å²) in [4.78, 5) is 32.5. The number of hydrogen-bond acceptors (Lipinski definition) is 5. The van der Waals surface area contributed by atoms with Crippen molar-refractivity contribution in [2.75, 3.05) is 48.3 Å². The summed E-state index contributed by atoms with van der Waals surface area (Å²) in [5.74, 6) is 0.552. The number of aromatic nitrogens is 1. The lowest BCUT2D eigenvalue weighted by Crippen LogP contribution is -2.48. The predicted octanol–water partition coefficient (Wildman–Crippen LogP) is 2.51. The van der Waals surface area contributed by atoms with Crippen molar-refractivity contribution in [2.24, 2.45) is 0 Å². The Labute approximate surface area is 165 Å². The van der Waals surface area contributed by atoms with Gasteiger partial charge in [0.25, 0.3) is 5.91 Å². The highest BCUT2D eigenvalue weighted by Crippen LogP contribution is 2.18. The van der Waals surface area contributed by atoms with Gasteiger partial charge >= 0.3 is 0 Å². The highest BCUT2D eigenvalue weighted by molar-refractivity contribution is 6.04. The van der Waals surface area contributed by atoms with E-state index in [2.05, 4.69) is 34.5 Å². The zero-order valence-corrected chi connectivity index (χ0v) is 16.4. The average molecular weight is 381 g/mol. The van der Waals surface area contributed by atoms with E-state index in [1.807, 2.05) is 35.2 Å². The van der Waals surface area contributed by atoms with Gasteiger partial charge in [0.15, 0.2) is 0 Å². The van der Waals surface area contributed by atoms with Gasteiger partial charge in [-0.15, -0.1) is 0 Å². The monoisotopic (exact) mass is 381 g/mol. The minimum absolute atomic E-state index is 0.00536. The number of amides is 2. The Morgan fingerprint density at radius 1 is 1.25 bits per heavy atom. The molecule has 0 aliphatic carbocycles. The second-order valence-corrected chi connectivity index (χ2v) is 6.95. The molecule has 2 heterocycles. The van der Waals surface area contributed by atoms with Crippen LogP contribution in [0.2, 0.25) is 0 Å². The molecule has 1 aliphatic heterocycles. The van der Waals surface area contributed by atoms with E-state index in [1.165, 1.54) is 0 Å². The summed E-state index contributed by atoms with van der Waals surface area (Å²) in [6.45, 7) is 4.81. The third-order valence-corrected chi connectivity index (χ3v) is 4.79. The number of anilines is 3. The van der Waals surface area contributed by atoms with Gasteiger partial charge in [0.2, 0.25) is 5.91 Å². The van der Waals surface area contributed by atoms with Crippen molar-refractivity contribution in [1.29, 1.82) is 0 Å². The predicted molar refractivity (Wildman–Crippen MR) is 112 cm³/mol. The molecule has 7 heteroatoms. The molecule has 1 aromatic carbocycles. The van der Waals surface area contributed by atoms with Gasteiger partial charge in [-0.25, -0.2) is 4.98 Å². The number of piperazine rings is 1. The van der Waals surface area contributed by atoms with Crippen LogP contribution in [0, 0.1) is 0 Å². The van der Waals surface area contributed by atoms with Crippen LogP contribution in [0.25, 0.3) is 0 Å². The summed E-state index contributed by atoms with van der Waals surface area (Å²) in [5.41, 5.74) is 2.32. The van der Waals surface area contributed by atoms with Crippen LogP contribution in [0.15, 0.2) is 42.6 Å². The van der Waals surface area contributed by atoms with E-state index in [0.717, 1.165) is 37.4 Å².